The van der Waals surface area contributed by atoms with Gasteiger partial charge in [-0.05, 0) is 26.2 Å². The number of hydrogen-bond donors (Lipinski definition) is 1. The summed E-state index contributed by atoms with van der Waals surface area (Å²) in [6, 6.07) is 0.927. The molecule has 0 spiro atoms. The van der Waals surface area contributed by atoms with Crippen LogP contribution in [0.15, 0.2) is 0 Å². The SMILES string of the molecule is CCC(C)N1CCN(C2CCCCCC2C(=O)O)CC1. The van der Waals surface area contributed by atoms with E-state index >= 15 is 0 Å². The number of hydrogen-bond acceptors (Lipinski definition) is 3. The van der Waals surface area contributed by atoms with Crippen LogP contribution in [0.5, 0.6) is 0 Å². The van der Waals surface area contributed by atoms with Crippen LogP contribution in [0.2, 0.25) is 0 Å². The molecule has 4 heteroatoms. The van der Waals surface area contributed by atoms with E-state index in [-0.39, 0.29) is 12.0 Å². The highest BCUT2D eigenvalue weighted by atomic mass is 16.4. The Bertz CT molecular complexity index is 314. The molecule has 0 aromatic carbocycles. The Kier molecular flexibility index (Phi) is 5.85. The van der Waals surface area contributed by atoms with E-state index in [1.807, 2.05) is 0 Å². The van der Waals surface area contributed by atoms with Gasteiger partial charge < -0.3 is 5.11 Å². The van der Waals surface area contributed by atoms with Crippen molar-refractivity contribution in [2.24, 2.45) is 5.92 Å². The van der Waals surface area contributed by atoms with Gasteiger partial charge in [0.15, 0.2) is 0 Å². The Balaban J connectivity index is 1.94. The molecule has 2 fully saturated rings. The molecule has 1 aliphatic heterocycles. The molecule has 2 aliphatic rings. The van der Waals surface area contributed by atoms with E-state index in [9.17, 15) is 9.90 Å². The Morgan fingerprint density at radius 3 is 2.40 bits per heavy atom. The summed E-state index contributed by atoms with van der Waals surface area (Å²) in [7, 11) is 0. The molecule has 0 aromatic heterocycles. The van der Waals surface area contributed by atoms with Crippen LogP contribution in [0.1, 0.15) is 52.4 Å². The highest BCUT2D eigenvalue weighted by Crippen LogP contribution is 2.28. The van der Waals surface area contributed by atoms with Gasteiger partial charge in [0.2, 0.25) is 0 Å². The highest BCUT2D eigenvalue weighted by Gasteiger charge is 2.35. The fraction of sp³-hybridized carbons (Fsp3) is 0.938. The summed E-state index contributed by atoms with van der Waals surface area (Å²) in [5, 5.41) is 9.51. The van der Waals surface area contributed by atoms with Crippen LogP contribution >= 0.6 is 0 Å². The maximum absolute atomic E-state index is 11.5. The van der Waals surface area contributed by atoms with Crippen LogP contribution in [0.4, 0.5) is 0 Å². The number of carboxylic acids is 1. The standard InChI is InChI=1S/C16H30N2O2/c1-3-13(2)17-9-11-18(12-10-17)15-8-6-4-5-7-14(15)16(19)20/h13-15H,3-12H2,1-2H3,(H,19,20). The third kappa shape index (κ3) is 3.73. The molecule has 1 saturated heterocycles. The van der Waals surface area contributed by atoms with Gasteiger partial charge in [-0.3, -0.25) is 14.6 Å². The summed E-state index contributed by atoms with van der Waals surface area (Å²) in [4.78, 5) is 16.5. The fourth-order valence-electron chi connectivity index (χ4n) is 3.78. The van der Waals surface area contributed by atoms with Gasteiger partial charge in [-0.1, -0.05) is 26.2 Å². The van der Waals surface area contributed by atoms with Gasteiger partial charge >= 0.3 is 5.97 Å². The van der Waals surface area contributed by atoms with Crippen molar-refractivity contribution in [2.45, 2.75) is 64.5 Å². The molecule has 0 amide bonds. The van der Waals surface area contributed by atoms with Gasteiger partial charge in [0.1, 0.15) is 0 Å². The van der Waals surface area contributed by atoms with Gasteiger partial charge in [0.05, 0.1) is 5.92 Å². The van der Waals surface area contributed by atoms with Crippen LogP contribution in [-0.4, -0.2) is 59.1 Å². The number of piperazine rings is 1. The minimum absolute atomic E-state index is 0.146. The Labute approximate surface area is 123 Å². The summed E-state index contributed by atoms with van der Waals surface area (Å²) in [6.07, 6.45) is 6.61. The monoisotopic (exact) mass is 282 g/mol. The minimum atomic E-state index is -0.582. The largest absolute Gasteiger partial charge is 0.481 e. The lowest BCUT2D eigenvalue weighted by Gasteiger charge is -2.42. The molecule has 1 saturated carbocycles. The smallest absolute Gasteiger partial charge is 0.308 e. The summed E-state index contributed by atoms with van der Waals surface area (Å²) >= 11 is 0. The summed E-state index contributed by atoms with van der Waals surface area (Å²) in [5.41, 5.74) is 0. The zero-order chi connectivity index (χ0) is 14.5. The zero-order valence-corrected chi connectivity index (χ0v) is 13.1. The first-order chi connectivity index (χ1) is 9.63. The van der Waals surface area contributed by atoms with Crippen molar-refractivity contribution in [2.75, 3.05) is 26.2 Å². The first-order valence-electron chi connectivity index (χ1n) is 8.34. The second-order valence-electron chi connectivity index (χ2n) is 6.48. The zero-order valence-electron chi connectivity index (χ0n) is 13.1. The highest BCUT2D eigenvalue weighted by molar-refractivity contribution is 5.70. The molecule has 1 aliphatic carbocycles. The van der Waals surface area contributed by atoms with Gasteiger partial charge in [0, 0.05) is 38.3 Å². The van der Waals surface area contributed by atoms with E-state index in [1.165, 1.54) is 19.3 Å². The summed E-state index contributed by atoms with van der Waals surface area (Å²) < 4.78 is 0. The third-order valence-electron chi connectivity index (χ3n) is 5.33. The Morgan fingerprint density at radius 2 is 1.80 bits per heavy atom. The molecule has 1 N–H and O–H groups in total. The molecule has 0 bridgehead atoms. The summed E-state index contributed by atoms with van der Waals surface area (Å²) in [6.45, 7) is 8.80. The normalized spacial score (nSPS) is 31.7. The lowest BCUT2D eigenvalue weighted by molar-refractivity contribution is -0.145. The van der Waals surface area contributed by atoms with Crippen LogP contribution < -0.4 is 0 Å². The summed E-state index contributed by atoms with van der Waals surface area (Å²) in [5.74, 6) is -0.728. The van der Waals surface area contributed by atoms with E-state index < -0.39 is 5.97 Å². The lowest BCUT2D eigenvalue weighted by Crippen LogP contribution is -2.54. The van der Waals surface area contributed by atoms with Crippen LogP contribution in [-0.2, 0) is 4.79 Å². The minimum Gasteiger partial charge on any atom is -0.481 e. The number of carbonyl (C=O) groups is 1. The Hall–Kier alpha value is -0.610. The number of aliphatic carboxylic acids is 1. The molecular formula is C16H30N2O2. The molecule has 0 aromatic rings. The maximum Gasteiger partial charge on any atom is 0.308 e. The predicted octanol–water partition coefficient (Wildman–Crippen LogP) is 2.44. The van der Waals surface area contributed by atoms with E-state index in [4.69, 9.17) is 0 Å². The van der Waals surface area contributed by atoms with Gasteiger partial charge in [-0.15, -0.1) is 0 Å². The van der Waals surface area contributed by atoms with Crippen molar-refractivity contribution < 1.29 is 9.90 Å². The second kappa shape index (κ2) is 7.41. The van der Waals surface area contributed by atoms with Crippen molar-refractivity contribution in [3.63, 3.8) is 0 Å². The predicted molar refractivity (Wildman–Crippen MR) is 80.9 cm³/mol. The van der Waals surface area contributed by atoms with Crippen LogP contribution in [0.3, 0.4) is 0 Å². The van der Waals surface area contributed by atoms with Gasteiger partial charge in [-0.2, -0.15) is 0 Å². The van der Waals surface area contributed by atoms with E-state index in [0.29, 0.717) is 6.04 Å². The van der Waals surface area contributed by atoms with Crippen molar-refractivity contribution in [1.29, 1.82) is 0 Å². The molecule has 0 radical (unpaired) electrons. The average molecular weight is 282 g/mol. The molecule has 2 rings (SSSR count). The first-order valence-corrected chi connectivity index (χ1v) is 8.34. The molecule has 3 unspecified atom stereocenters. The Morgan fingerprint density at radius 1 is 1.15 bits per heavy atom. The number of rotatable bonds is 4. The topological polar surface area (TPSA) is 43.8 Å². The molecule has 1 heterocycles. The molecular weight excluding hydrogens is 252 g/mol. The number of carboxylic acid groups (broad SMARTS) is 1. The quantitative estimate of drug-likeness (QED) is 0.804. The van der Waals surface area contributed by atoms with E-state index in [2.05, 4.69) is 23.6 Å². The average Bonchev–Trinajstić information content (AvgIpc) is 2.72. The first kappa shape index (κ1) is 15.8. The van der Waals surface area contributed by atoms with Crippen LogP contribution in [0, 0.1) is 5.92 Å². The van der Waals surface area contributed by atoms with Crippen molar-refractivity contribution in [3.05, 3.63) is 0 Å². The molecule has 4 nitrogen and oxygen atoms in total. The van der Waals surface area contributed by atoms with E-state index in [0.717, 1.165) is 45.4 Å². The molecule has 116 valence electrons. The lowest BCUT2D eigenvalue weighted by atomic mass is 9.93. The number of nitrogens with zero attached hydrogens (tertiary/aromatic N) is 2. The van der Waals surface area contributed by atoms with Crippen molar-refractivity contribution >= 4 is 5.97 Å². The molecule has 3 atom stereocenters. The van der Waals surface area contributed by atoms with Crippen molar-refractivity contribution in [3.8, 4) is 0 Å². The second-order valence-corrected chi connectivity index (χ2v) is 6.48. The van der Waals surface area contributed by atoms with Gasteiger partial charge in [-0.25, -0.2) is 0 Å². The van der Waals surface area contributed by atoms with Crippen molar-refractivity contribution in [1.82, 2.24) is 9.80 Å². The van der Waals surface area contributed by atoms with Gasteiger partial charge in [0.25, 0.3) is 0 Å². The fourth-order valence-corrected chi connectivity index (χ4v) is 3.78. The van der Waals surface area contributed by atoms with Crippen LogP contribution in [0.25, 0.3) is 0 Å². The molecule has 20 heavy (non-hydrogen) atoms. The third-order valence-corrected chi connectivity index (χ3v) is 5.33. The van der Waals surface area contributed by atoms with E-state index in [1.54, 1.807) is 0 Å². The maximum atomic E-state index is 11.5.